The fourth-order valence-corrected chi connectivity index (χ4v) is 6.32. The zero-order valence-corrected chi connectivity index (χ0v) is 22.2. The number of fused-ring (bicyclic) bond motifs is 5. The third-order valence-corrected chi connectivity index (χ3v) is 8.31. The second kappa shape index (κ2) is 10.1. The molecule has 0 spiro atoms. The third kappa shape index (κ3) is 4.34. The Kier molecular flexibility index (Phi) is 6.13. The van der Waals surface area contributed by atoms with Crippen molar-refractivity contribution >= 4 is 27.6 Å². The number of aryl methyl sites for hydroxylation is 1. The van der Waals surface area contributed by atoms with E-state index in [1.165, 1.54) is 33.0 Å². The molecule has 1 unspecified atom stereocenters. The van der Waals surface area contributed by atoms with Gasteiger partial charge in [-0.1, -0.05) is 91.0 Å². The Hall–Kier alpha value is -4.76. The van der Waals surface area contributed by atoms with Gasteiger partial charge < -0.3 is 4.74 Å². The molecule has 3 heteroatoms. The summed E-state index contributed by atoms with van der Waals surface area (Å²) < 4.78 is 5.74. The van der Waals surface area contributed by atoms with Crippen LogP contribution in [0.4, 0.5) is 0 Å². The number of ether oxygens (including phenoxy) is 1. The molecule has 5 aromatic carbocycles. The van der Waals surface area contributed by atoms with Crippen LogP contribution in [0.1, 0.15) is 36.0 Å². The number of benzene rings is 5. The molecular formula is C37H29NO2. The van der Waals surface area contributed by atoms with Crippen molar-refractivity contribution in [2.45, 2.75) is 31.1 Å². The molecule has 1 aliphatic rings. The fraction of sp³-hybridized carbons (Fsp3) is 0.135. The largest absolute Gasteiger partial charge is 0.427 e. The fourth-order valence-electron chi connectivity index (χ4n) is 6.32. The number of rotatable bonds is 7. The van der Waals surface area contributed by atoms with E-state index < -0.39 is 0 Å². The highest BCUT2D eigenvalue weighted by atomic mass is 16.5. The monoisotopic (exact) mass is 519 g/mol. The molecule has 0 N–H and O–H groups in total. The molecule has 1 aromatic heterocycles. The van der Waals surface area contributed by atoms with Crippen LogP contribution in [-0.4, -0.2) is 11.0 Å². The lowest BCUT2D eigenvalue weighted by molar-refractivity contribution is -0.134. The van der Waals surface area contributed by atoms with Crippen LogP contribution in [0.25, 0.3) is 32.9 Å². The van der Waals surface area contributed by atoms with E-state index in [0.717, 1.165) is 29.4 Å². The van der Waals surface area contributed by atoms with Crippen molar-refractivity contribution in [3.8, 4) is 17.0 Å². The molecule has 0 radical (unpaired) electrons. The van der Waals surface area contributed by atoms with Crippen molar-refractivity contribution in [2.24, 2.45) is 0 Å². The predicted molar refractivity (Wildman–Crippen MR) is 162 cm³/mol. The standard InChI is InChI=1S/C37H29NO2/c39-35(40-30-16-5-2-6-17-30)20-22-37(21-19-26-11-3-1-4-12-26)32-24-28-14-8-7-13-27(28)23-31(32)36-33(37)25-29-15-9-10-18-34(29)38-36/h1-18,23-25H,19-22H2. The van der Waals surface area contributed by atoms with Gasteiger partial charge in [0.05, 0.1) is 11.2 Å². The molecule has 0 amide bonds. The summed E-state index contributed by atoms with van der Waals surface area (Å²) in [6.45, 7) is 0. The summed E-state index contributed by atoms with van der Waals surface area (Å²) in [5.74, 6) is 0.367. The highest BCUT2D eigenvalue weighted by Gasteiger charge is 2.44. The molecule has 0 aliphatic heterocycles. The van der Waals surface area contributed by atoms with Crippen LogP contribution < -0.4 is 4.74 Å². The minimum atomic E-state index is -0.378. The van der Waals surface area contributed by atoms with Gasteiger partial charge in [-0.15, -0.1) is 0 Å². The zero-order chi connectivity index (χ0) is 26.9. The van der Waals surface area contributed by atoms with Crippen LogP contribution in [0.2, 0.25) is 0 Å². The first-order chi connectivity index (χ1) is 19.7. The van der Waals surface area contributed by atoms with Crippen molar-refractivity contribution in [1.82, 2.24) is 4.98 Å². The van der Waals surface area contributed by atoms with Gasteiger partial charge in [-0.25, -0.2) is 4.98 Å². The van der Waals surface area contributed by atoms with Crippen LogP contribution in [0.15, 0.2) is 127 Å². The molecular weight excluding hydrogens is 490 g/mol. The van der Waals surface area contributed by atoms with E-state index in [-0.39, 0.29) is 11.4 Å². The Morgan fingerprint density at radius 2 is 1.27 bits per heavy atom. The lowest BCUT2D eigenvalue weighted by Gasteiger charge is -2.32. The summed E-state index contributed by atoms with van der Waals surface area (Å²) in [5.41, 5.74) is 6.57. The minimum absolute atomic E-state index is 0.213. The Morgan fingerprint density at radius 3 is 2.05 bits per heavy atom. The molecule has 0 saturated carbocycles. The lowest BCUT2D eigenvalue weighted by Crippen LogP contribution is -2.28. The maximum Gasteiger partial charge on any atom is 0.311 e. The summed E-state index contributed by atoms with van der Waals surface area (Å²) in [6, 6.07) is 43.7. The van der Waals surface area contributed by atoms with Crippen LogP contribution in [0.3, 0.4) is 0 Å². The van der Waals surface area contributed by atoms with Gasteiger partial charge in [0.25, 0.3) is 0 Å². The van der Waals surface area contributed by atoms with Crippen LogP contribution >= 0.6 is 0 Å². The number of carbonyl (C=O) groups excluding carboxylic acids is 1. The number of aromatic nitrogens is 1. The van der Waals surface area contributed by atoms with E-state index in [4.69, 9.17) is 9.72 Å². The molecule has 194 valence electrons. The van der Waals surface area contributed by atoms with Gasteiger partial charge >= 0.3 is 5.97 Å². The summed E-state index contributed by atoms with van der Waals surface area (Å²) in [4.78, 5) is 18.4. The topological polar surface area (TPSA) is 39.2 Å². The van der Waals surface area contributed by atoms with Gasteiger partial charge in [0.1, 0.15) is 5.75 Å². The molecule has 0 fully saturated rings. The molecule has 1 atom stereocenters. The molecule has 6 aromatic rings. The SMILES string of the molecule is O=C(CCC1(CCc2ccccc2)c2cc3ccccc3cc2-c2nc3ccccc3cc21)Oc1ccccc1. The van der Waals surface area contributed by atoms with E-state index in [1.807, 2.05) is 36.4 Å². The average Bonchev–Trinajstić information content (AvgIpc) is 3.25. The molecule has 0 bridgehead atoms. The number of carbonyl (C=O) groups is 1. The van der Waals surface area contributed by atoms with E-state index in [2.05, 4.69) is 91.0 Å². The third-order valence-electron chi connectivity index (χ3n) is 8.31. The summed E-state index contributed by atoms with van der Waals surface area (Å²) in [6.07, 6.45) is 2.72. The number of esters is 1. The Morgan fingerprint density at radius 1 is 0.650 bits per heavy atom. The summed E-state index contributed by atoms with van der Waals surface area (Å²) in [7, 11) is 0. The van der Waals surface area contributed by atoms with Gasteiger partial charge in [0.15, 0.2) is 0 Å². The Bertz CT molecular complexity index is 1760. The van der Waals surface area contributed by atoms with Crippen LogP contribution in [0.5, 0.6) is 5.75 Å². The first-order valence-corrected chi connectivity index (χ1v) is 13.9. The molecule has 0 saturated heterocycles. The first-order valence-electron chi connectivity index (χ1n) is 13.9. The Balaban J connectivity index is 1.38. The predicted octanol–water partition coefficient (Wildman–Crippen LogP) is 8.67. The van der Waals surface area contributed by atoms with E-state index in [1.54, 1.807) is 0 Å². The van der Waals surface area contributed by atoms with E-state index >= 15 is 0 Å². The second-order valence-corrected chi connectivity index (χ2v) is 10.7. The van der Waals surface area contributed by atoms with Crippen molar-refractivity contribution in [2.75, 3.05) is 0 Å². The molecule has 1 aliphatic carbocycles. The van der Waals surface area contributed by atoms with Gasteiger partial charge in [0.2, 0.25) is 0 Å². The van der Waals surface area contributed by atoms with Gasteiger partial charge in [0, 0.05) is 22.8 Å². The van der Waals surface area contributed by atoms with Crippen molar-refractivity contribution in [3.63, 3.8) is 0 Å². The first kappa shape index (κ1) is 24.3. The Labute approximate surface area is 234 Å². The molecule has 7 rings (SSSR count). The number of nitrogens with zero attached hydrogens (tertiary/aromatic N) is 1. The van der Waals surface area contributed by atoms with Gasteiger partial charge in [-0.3, -0.25) is 4.79 Å². The number of pyridine rings is 1. The number of hydrogen-bond donors (Lipinski definition) is 0. The van der Waals surface area contributed by atoms with E-state index in [9.17, 15) is 4.79 Å². The second-order valence-electron chi connectivity index (χ2n) is 10.7. The minimum Gasteiger partial charge on any atom is -0.427 e. The normalized spacial score (nSPS) is 15.6. The summed E-state index contributed by atoms with van der Waals surface area (Å²) in [5, 5.41) is 3.52. The molecule has 40 heavy (non-hydrogen) atoms. The number of hydrogen-bond acceptors (Lipinski definition) is 3. The smallest absolute Gasteiger partial charge is 0.311 e. The summed E-state index contributed by atoms with van der Waals surface area (Å²) >= 11 is 0. The quantitative estimate of drug-likeness (QED) is 0.156. The van der Waals surface area contributed by atoms with Gasteiger partial charge in [-0.05, 0) is 83.1 Å². The van der Waals surface area contributed by atoms with Crippen LogP contribution in [-0.2, 0) is 16.6 Å². The van der Waals surface area contributed by atoms with Crippen molar-refractivity contribution < 1.29 is 9.53 Å². The zero-order valence-electron chi connectivity index (χ0n) is 22.2. The number of para-hydroxylation sites is 2. The van der Waals surface area contributed by atoms with Gasteiger partial charge in [-0.2, -0.15) is 0 Å². The van der Waals surface area contributed by atoms with Crippen LogP contribution in [0, 0.1) is 0 Å². The maximum atomic E-state index is 13.2. The average molecular weight is 520 g/mol. The highest BCUT2D eigenvalue weighted by Crippen LogP contribution is 2.54. The molecule has 3 nitrogen and oxygen atoms in total. The lowest BCUT2D eigenvalue weighted by atomic mass is 9.70. The van der Waals surface area contributed by atoms with Crippen molar-refractivity contribution in [1.29, 1.82) is 0 Å². The van der Waals surface area contributed by atoms with Crippen molar-refractivity contribution in [3.05, 3.63) is 144 Å². The molecule has 1 heterocycles. The van der Waals surface area contributed by atoms with E-state index in [0.29, 0.717) is 18.6 Å². The maximum absolute atomic E-state index is 13.2. The highest BCUT2D eigenvalue weighted by molar-refractivity contribution is 5.95.